The molecule has 0 heterocycles. The van der Waals surface area contributed by atoms with Gasteiger partial charge in [0.05, 0.1) is 4.90 Å². The fraction of sp³-hybridized carbons (Fsp3) is 0.207. The molecular weight excluding hydrogens is 472 g/mol. The van der Waals surface area contributed by atoms with Crippen LogP contribution < -0.4 is 10.2 Å². The second-order valence-corrected chi connectivity index (χ2v) is 10.6. The van der Waals surface area contributed by atoms with Crippen LogP contribution in [-0.2, 0) is 20.3 Å². The smallest absolute Gasteiger partial charge is 0.294 e. The number of hydrogen-bond donors (Lipinski definition) is 2. The number of carbonyl (C=O) groups excluding carboxylic acids is 1. The summed E-state index contributed by atoms with van der Waals surface area (Å²) in [4.78, 5) is 13.5. The highest BCUT2D eigenvalue weighted by molar-refractivity contribution is 7.85. The molecule has 1 unspecified atom stereocenters. The fourth-order valence-electron chi connectivity index (χ4n) is 3.82. The van der Waals surface area contributed by atoms with E-state index in [1.165, 1.54) is 19.1 Å². The highest BCUT2D eigenvalue weighted by Gasteiger charge is 2.30. The molecular formula is C29H32N2O4S. The van der Waals surface area contributed by atoms with E-state index in [1.54, 1.807) is 23.2 Å². The van der Waals surface area contributed by atoms with Crippen molar-refractivity contribution in [3.8, 4) is 0 Å². The van der Waals surface area contributed by atoms with E-state index in [2.05, 4.69) is 5.32 Å². The summed E-state index contributed by atoms with van der Waals surface area (Å²) in [6, 6.07) is 23.6. The van der Waals surface area contributed by atoms with E-state index in [-0.39, 0.29) is 16.7 Å². The third-order valence-corrected chi connectivity index (χ3v) is 7.14. The molecule has 6 nitrogen and oxygen atoms in total. The summed E-state index contributed by atoms with van der Waals surface area (Å²) in [5.74, 6) is -0.129. The van der Waals surface area contributed by atoms with E-state index < -0.39 is 15.5 Å². The van der Waals surface area contributed by atoms with E-state index in [0.717, 1.165) is 22.6 Å². The Bertz CT molecular complexity index is 1350. The van der Waals surface area contributed by atoms with E-state index in [9.17, 15) is 17.8 Å². The van der Waals surface area contributed by atoms with Crippen molar-refractivity contribution in [1.82, 2.24) is 0 Å². The molecule has 188 valence electrons. The molecule has 0 spiro atoms. The van der Waals surface area contributed by atoms with Crippen LogP contribution in [0.25, 0.3) is 0 Å². The number of allylic oxidation sites excluding steroid dienone is 3. The number of hydrogen-bond acceptors (Lipinski definition) is 4. The lowest BCUT2D eigenvalue weighted by atomic mass is 9.73. The molecule has 1 amide bonds. The molecule has 0 aliphatic rings. The predicted molar refractivity (Wildman–Crippen MR) is 146 cm³/mol. The average molecular weight is 505 g/mol. The van der Waals surface area contributed by atoms with Crippen LogP contribution in [-0.4, -0.2) is 18.9 Å². The summed E-state index contributed by atoms with van der Waals surface area (Å²) < 4.78 is 33.4. The lowest BCUT2D eigenvalue weighted by Crippen LogP contribution is -2.26. The van der Waals surface area contributed by atoms with Crippen molar-refractivity contribution >= 4 is 33.1 Å². The Morgan fingerprint density at radius 3 is 2.17 bits per heavy atom. The summed E-state index contributed by atoms with van der Waals surface area (Å²) in [5.41, 5.74) is 2.63. The van der Waals surface area contributed by atoms with E-state index in [0.29, 0.717) is 0 Å². The number of para-hydroxylation sites is 2. The van der Waals surface area contributed by atoms with Gasteiger partial charge < -0.3 is 5.32 Å². The maximum Gasteiger partial charge on any atom is 0.294 e. The monoisotopic (exact) mass is 504 g/mol. The van der Waals surface area contributed by atoms with Gasteiger partial charge in [-0.25, -0.2) is 0 Å². The summed E-state index contributed by atoms with van der Waals surface area (Å²) in [5, 5.41) is 3.37. The van der Waals surface area contributed by atoms with Crippen molar-refractivity contribution in [3.05, 3.63) is 109 Å². The standard InChI is InChI=1S/C29H32N2O4S/c1-22(13-11-12-20-31(23(2)32)25-16-9-6-10-17-25)29(3,4)27-21-26(36(33,34)35)18-19-28(27)30-24-14-7-5-8-15-24/h5-22,30H,1-4H3,(H,33,34,35)/b13-11+,20-12+. The lowest BCUT2D eigenvalue weighted by Gasteiger charge is -2.33. The molecule has 0 fully saturated rings. The largest absolute Gasteiger partial charge is 0.355 e. The minimum Gasteiger partial charge on any atom is -0.355 e. The molecule has 0 radical (unpaired) electrons. The summed E-state index contributed by atoms with van der Waals surface area (Å²) in [6.45, 7) is 7.60. The van der Waals surface area contributed by atoms with Crippen molar-refractivity contribution in [2.24, 2.45) is 5.92 Å². The fourth-order valence-corrected chi connectivity index (χ4v) is 4.32. The van der Waals surface area contributed by atoms with E-state index in [1.807, 2.05) is 93.6 Å². The van der Waals surface area contributed by atoms with Gasteiger partial charge in [-0.1, -0.05) is 69.3 Å². The number of nitrogens with zero attached hydrogens (tertiary/aromatic N) is 1. The predicted octanol–water partition coefficient (Wildman–Crippen LogP) is 6.71. The number of nitrogens with one attached hydrogen (secondary N) is 1. The maximum atomic E-state index is 12.1. The Balaban J connectivity index is 1.90. The molecule has 0 aromatic heterocycles. The molecule has 0 bridgehead atoms. The Hall–Kier alpha value is -3.68. The highest BCUT2D eigenvalue weighted by atomic mass is 32.2. The zero-order valence-corrected chi connectivity index (χ0v) is 21.7. The van der Waals surface area contributed by atoms with Gasteiger partial charge in [-0.05, 0) is 65.4 Å². The van der Waals surface area contributed by atoms with Gasteiger partial charge in [-0.2, -0.15) is 8.42 Å². The van der Waals surface area contributed by atoms with Crippen LogP contribution in [0.3, 0.4) is 0 Å². The Morgan fingerprint density at radius 1 is 0.972 bits per heavy atom. The van der Waals surface area contributed by atoms with Crippen LogP contribution in [0.1, 0.15) is 33.3 Å². The molecule has 0 saturated carbocycles. The van der Waals surface area contributed by atoms with Gasteiger partial charge in [0.25, 0.3) is 10.1 Å². The first-order valence-corrected chi connectivity index (χ1v) is 13.1. The molecule has 36 heavy (non-hydrogen) atoms. The van der Waals surface area contributed by atoms with Gasteiger partial charge in [0, 0.05) is 30.2 Å². The van der Waals surface area contributed by atoms with Gasteiger partial charge in [-0.15, -0.1) is 0 Å². The SMILES string of the molecule is CC(=O)N(/C=C/C=C/C(C)C(C)(C)c1cc(S(=O)(=O)O)ccc1Nc1ccccc1)c1ccccc1. The quantitative estimate of drug-likeness (QED) is 0.250. The number of amides is 1. The number of benzene rings is 3. The van der Waals surface area contributed by atoms with Crippen LogP contribution in [0.15, 0.2) is 108 Å². The van der Waals surface area contributed by atoms with Gasteiger partial charge in [0.2, 0.25) is 5.91 Å². The van der Waals surface area contributed by atoms with Crippen molar-refractivity contribution < 1.29 is 17.8 Å². The van der Waals surface area contributed by atoms with Gasteiger partial charge in [0.1, 0.15) is 0 Å². The van der Waals surface area contributed by atoms with Crippen LogP contribution in [0.4, 0.5) is 17.1 Å². The van der Waals surface area contributed by atoms with Gasteiger partial charge in [0.15, 0.2) is 0 Å². The van der Waals surface area contributed by atoms with Crippen LogP contribution in [0.2, 0.25) is 0 Å². The second kappa shape index (κ2) is 11.4. The summed E-state index contributed by atoms with van der Waals surface area (Å²) in [7, 11) is -4.36. The molecule has 2 N–H and O–H groups in total. The van der Waals surface area contributed by atoms with Crippen molar-refractivity contribution in [1.29, 1.82) is 0 Å². The molecule has 3 aromatic rings. The van der Waals surface area contributed by atoms with Gasteiger partial charge in [-0.3, -0.25) is 14.2 Å². The minimum atomic E-state index is -4.36. The highest BCUT2D eigenvalue weighted by Crippen LogP contribution is 2.39. The molecule has 0 aliphatic heterocycles. The van der Waals surface area contributed by atoms with Crippen LogP contribution in [0.5, 0.6) is 0 Å². The first kappa shape index (κ1) is 26.9. The molecule has 3 rings (SSSR count). The normalized spacial score (nSPS) is 13.1. The third-order valence-electron chi connectivity index (χ3n) is 6.29. The first-order valence-electron chi connectivity index (χ1n) is 11.6. The molecule has 0 aliphatic carbocycles. The van der Waals surface area contributed by atoms with Crippen molar-refractivity contribution in [2.45, 2.75) is 38.0 Å². The Morgan fingerprint density at radius 2 is 1.58 bits per heavy atom. The molecule has 7 heteroatoms. The van der Waals surface area contributed by atoms with Crippen molar-refractivity contribution in [3.63, 3.8) is 0 Å². The Kier molecular flexibility index (Phi) is 8.50. The zero-order chi connectivity index (χ0) is 26.3. The van der Waals surface area contributed by atoms with Gasteiger partial charge >= 0.3 is 0 Å². The number of carbonyl (C=O) groups is 1. The topological polar surface area (TPSA) is 86.7 Å². The molecule has 3 aromatic carbocycles. The van der Waals surface area contributed by atoms with Crippen LogP contribution in [0, 0.1) is 5.92 Å². The Labute approximate surface area is 213 Å². The summed E-state index contributed by atoms with van der Waals surface area (Å²) in [6.07, 6.45) is 7.41. The van der Waals surface area contributed by atoms with Crippen LogP contribution >= 0.6 is 0 Å². The lowest BCUT2D eigenvalue weighted by molar-refractivity contribution is -0.116. The number of anilines is 3. The minimum absolute atomic E-state index is 0.0300. The van der Waals surface area contributed by atoms with E-state index in [4.69, 9.17) is 0 Å². The van der Waals surface area contributed by atoms with Crippen molar-refractivity contribution in [2.75, 3.05) is 10.2 Å². The first-order chi connectivity index (χ1) is 17.0. The zero-order valence-electron chi connectivity index (χ0n) is 20.9. The molecule has 0 saturated heterocycles. The van der Waals surface area contributed by atoms with E-state index >= 15 is 0 Å². The number of rotatable bonds is 9. The summed E-state index contributed by atoms with van der Waals surface area (Å²) >= 11 is 0. The third kappa shape index (κ3) is 6.71. The molecule has 1 atom stereocenters. The second-order valence-electron chi connectivity index (χ2n) is 9.13. The average Bonchev–Trinajstić information content (AvgIpc) is 2.84. The maximum absolute atomic E-state index is 12.1.